The average Bonchev–Trinajstić information content (AvgIpc) is 2.93. The number of amides is 1. The summed E-state index contributed by atoms with van der Waals surface area (Å²) in [6, 6.07) is 4.35. The van der Waals surface area contributed by atoms with E-state index in [1.165, 1.54) is 18.2 Å². The molecule has 1 aromatic heterocycles. The van der Waals surface area contributed by atoms with E-state index in [0.717, 1.165) is 0 Å². The van der Waals surface area contributed by atoms with E-state index in [1.54, 1.807) is 24.7 Å². The first-order valence-electron chi connectivity index (χ1n) is 6.09. The second kappa shape index (κ2) is 6.42. The molecule has 0 aliphatic heterocycles. The quantitative estimate of drug-likeness (QED) is 0.563. The van der Waals surface area contributed by atoms with Crippen LogP contribution in [0.15, 0.2) is 43.0 Å². The summed E-state index contributed by atoms with van der Waals surface area (Å²) in [5.74, 6) is -0.628. The van der Waals surface area contributed by atoms with Gasteiger partial charge in [-0.15, -0.1) is 0 Å². The predicted octanol–water partition coefficient (Wildman–Crippen LogP) is 1.12. The molecule has 3 N–H and O–H groups in total. The lowest BCUT2D eigenvalue weighted by Crippen LogP contribution is -2.25. The molecule has 1 aromatic carbocycles. The van der Waals surface area contributed by atoms with Gasteiger partial charge < -0.3 is 20.1 Å². The van der Waals surface area contributed by atoms with Crippen molar-refractivity contribution in [1.29, 1.82) is 0 Å². The van der Waals surface area contributed by atoms with Crippen LogP contribution in [0.2, 0.25) is 0 Å². The van der Waals surface area contributed by atoms with Crippen molar-refractivity contribution in [3.63, 3.8) is 0 Å². The van der Waals surface area contributed by atoms with Crippen molar-refractivity contribution in [1.82, 2.24) is 14.9 Å². The number of hydrogen-bond acceptors (Lipinski definition) is 4. The van der Waals surface area contributed by atoms with Gasteiger partial charge in [-0.05, 0) is 23.8 Å². The Bertz CT molecular complexity index is 606. The number of hydrogen-bond donors (Lipinski definition) is 3. The van der Waals surface area contributed by atoms with Gasteiger partial charge in [0.25, 0.3) is 0 Å². The summed E-state index contributed by atoms with van der Waals surface area (Å²) in [6.07, 6.45) is 8.12. The van der Waals surface area contributed by atoms with Crippen LogP contribution in [0.4, 0.5) is 0 Å². The fraction of sp³-hybridized carbons (Fsp3) is 0.143. The van der Waals surface area contributed by atoms with Gasteiger partial charge in [0.2, 0.25) is 5.91 Å². The number of phenolic OH excluding ortho intramolecular Hbond substituents is 2. The highest BCUT2D eigenvalue weighted by Gasteiger charge is 1.99. The molecular weight excluding hydrogens is 258 g/mol. The Kier molecular flexibility index (Phi) is 4.39. The topological polar surface area (TPSA) is 87.4 Å². The summed E-state index contributed by atoms with van der Waals surface area (Å²) < 4.78 is 1.86. The van der Waals surface area contributed by atoms with Crippen LogP contribution in [0.3, 0.4) is 0 Å². The fourth-order valence-corrected chi connectivity index (χ4v) is 1.60. The van der Waals surface area contributed by atoms with Gasteiger partial charge in [0, 0.05) is 31.6 Å². The Morgan fingerprint density at radius 2 is 2.20 bits per heavy atom. The van der Waals surface area contributed by atoms with Gasteiger partial charge in [-0.3, -0.25) is 4.79 Å². The molecule has 1 amide bonds. The molecule has 0 fully saturated rings. The normalized spacial score (nSPS) is 10.8. The number of carbonyl (C=O) groups excluding carboxylic acids is 1. The van der Waals surface area contributed by atoms with Crippen LogP contribution in [-0.2, 0) is 11.3 Å². The molecule has 0 saturated heterocycles. The van der Waals surface area contributed by atoms with E-state index < -0.39 is 0 Å². The van der Waals surface area contributed by atoms with Crippen LogP contribution in [0.5, 0.6) is 11.5 Å². The van der Waals surface area contributed by atoms with Crippen molar-refractivity contribution >= 4 is 12.0 Å². The molecule has 0 aliphatic rings. The van der Waals surface area contributed by atoms with Crippen molar-refractivity contribution in [2.75, 3.05) is 6.54 Å². The van der Waals surface area contributed by atoms with Crippen molar-refractivity contribution in [2.45, 2.75) is 6.54 Å². The second-order valence-electron chi connectivity index (χ2n) is 4.17. The number of benzene rings is 1. The third-order valence-electron chi connectivity index (χ3n) is 2.66. The van der Waals surface area contributed by atoms with E-state index >= 15 is 0 Å². The lowest BCUT2D eigenvalue weighted by molar-refractivity contribution is -0.116. The second-order valence-corrected chi connectivity index (χ2v) is 4.17. The van der Waals surface area contributed by atoms with Crippen molar-refractivity contribution in [2.24, 2.45) is 0 Å². The molecule has 0 spiro atoms. The summed E-state index contributed by atoms with van der Waals surface area (Å²) in [7, 11) is 0. The van der Waals surface area contributed by atoms with Crippen molar-refractivity contribution < 1.29 is 15.0 Å². The number of nitrogens with zero attached hydrogens (tertiary/aromatic N) is 2. The Hall–Kier alpha value is -2.76. The first-order chi connectivity index (χ1) is 9.65. The monoisotopic (exact) mass is 273 g/mol. The SMILES string of the molecule is O=C(C=Cc1ccc(O)c(O)c1)NCCn1ccnc1. The highest BCUT2D eigenvalue weighted by atomic mass is 16.3. The molecule has 0 atom stereocenters. The first kappa shape index (κ1) is 13.7. The maximum Gasteiger partial charge on any atom is 0.244 e. The van der Waals surface area contributed by atoms with E-state index in [9.17, 15) is 9.90 Å². The van der Waals surface area contributed by atoms with Crippen LogP contribution in [0.1, 0.15) is 5.56 Å². The van der Waals surface area contributed by atoms with E-state index in [4.69, 9.17) is 5.11 Å². The highest BCUT2D eigenvalue weighted by Crippen LogP contribution is 2.25. The molecule has 6 nitrogen and oxygen atoms in total. The highest BCUT2D eigenvalue weighted by molar-refractivity contribution is 5.91. The number of imidazole rings is 1. The van der Waals surface area contributed by atoms with Crippen LogP contribution in [-0.4, -0.2) is 32.2 Å². The van der Waals surface area contributed by atoms with Crippen LogP contribution in [0, 0.1) is 0 Å². The summed E-state index contributed by atoms with van der Waals surface area (Å²) >= 11 is 0. The van der Waals surface area contributed by atoms with Crippen molar-refractivity contribution in [3.8, 4) is 11.5 Å². The molecule has 1 heterocycles. The molecule has 0 saturated carbocycles. The van der Waals surface area contributed by atoms with Gasteiger partial charge >= 0.3 is 0 Å². The van der Waals surface area contributed by atoms with E-state index in [0.29, 0.717) is 18.7 Å². The molecule has 2 aromatic rings. The fourth-order valence-electron chi connectivity index (χ4n) is 1.60. The standard InChI is InChI=1S/C14H15N3O3/c18-12-3-1-11(9-13(12)19)2-4-14(20)16-6-8-17-7-5-15-10-17/h1-5,7,9-10,18-19H,6,8H2,(H,16,20). The van der Waals surface area contributed by atoms with Crippen LogP contribution >= 0.6 is 0 Å². The molecule has 20 heavy (non-hydrogen) atoms. The zero-order chi connectivity index (χ0) is 14.4. The van der Waals surface area contributed by atoms with Crippen molar-refractivity contribution in [3.05, 3.63) is 48.6 Å². The van der Waals surface area contributed by atoms with Gasteiger partial charge in [-0.25, -0.2) is 4.98 Å². The number of phenols is 2. The third kappa shape index (κ3) is 3.88. The van der Waals surface area contributed by atoms with E-state index in [1.807, 2.05) is 10.8 Å². The Morgan fingerprint density at radius 3 is 2.90 bits per heavy atom. The minimum Gasteiger partial charge on any atom is -0.504 e. The molecule has 0 bridgehead atoms. The summed E-state index contributed by atoms with van der Waals surface area (Å²) in [5.41, 5.74) is 0.630. The molecule has 0 aliphatic carbocycles. The number of rotatable bonds is 5. The van der Waals surface area contributed by atoms with Gasteiger partial charge in [0.1, 0.15) is 0 Å². The number of carbonyl (C=O) groups is 1. The Labute approximate surface area is 116 Å². The maximum absolute atomic E-state index is 11.6. The van der Waals surface area contributed by atoms with Gasteiger partial charge in [-0.2, -0.15) is 0 Å². The maximum atomic E-state index is 11.6. The molecule has 0 radical (unpaired) electrons. The third-order valence-corrected chi connectivity index (χ3v) is 2.66. The minimum absolute atomic E-state index is 0.188. The minimum atomic E-state index is -0.224. The van der Waals surface area contributed by atoms with Gasteiger partial charge in [0.05, 0.1) is 6.33 Å². The molecule has 0 unspecified atom stereocenters. The zero-order valence-corrected chi connectivity index (χ0v) is 10.7. The smallest absolute Gasteiger partial charge is 0.244 e. The van der Waals surface area contributed by atoms with Gasteiger partial charge in [0.15, 0.2) is 11.5 Å². The first-order valence-corrected chi connectivity index (χ1v) is 6.09. The Morgan fingerprint density at radius 1 is 1.35 bits per heavy atom. The molecule has 104 valence electrons. The Balaban J connectivity index is 1.81. The zero-order valence-electron chi connectivity index (χ0n) is 10.7. The predicted molar refractivity (Wildman–Crippen MR) is 74.0 cm³/mol. The van der Waals surface area contributed by atoms with E-state index in [-0.39, 0.29) is 17.4 Å². The molecule has 2 rings (SSSR count). The average molecular weight is 273 g/mol. The molecule has 6 heteroatoms. The van der Waals surface area contributed by atoms with E-state index in [2.05, 4.69) is 10.3 Å². The number of aromatic hydroxyl groups is 2. The lowest BCUT2D eigenvalue weighted by Gasteiger charge is -2.03. The largest absolute Gasteiger partial charge is 0.504 e. The van der Waals surface area contributed by atoms with Crippen LogP contribution < -0.4 is 5.32 Å². The number of nitrogens with one attached hydrogen (secondary N) is 1. The summed E-state index contributed by atoms with van der Waals surface area (Å²) in [5, 5.41) is 21.2. The van der Waals surface area contributed by atoms with Crippen LogP contribution in [0.25, 0.3) is 6.08 Å². The number of aromatic nitrogens is 2. The summed E-state index contributed by atoms with van der Waals surface area (Å²) in [4.78, 5) is 15.5. The lowest BCUT2D eigenvalue weighted by atomic mass is 10.2. The molecular formula is C14H15N3O3. The summed E-state index contributed by atoms with van der Waals surface area (Å²) in [6.45, 7) is 1.15. The van der Waals surface area contributed by atoms with Gasteiger partial charge in [-0.1, -0.05) is 6.07 Å².